The molecule has 0 spiro atoms. The van der Waals surface area contributed by atoms with E-state index in [1.807, 2.05) is 47.1 Å². The number of aryl methyl sites for hydroxylation is 1. The third-order valence-electron chi connectivity index (χ3n) is 5.63. The second kappa shape index (κ2) is 7.86. The van der Waals surface area contributed by atoms with Crippen molar-refractivity contribution >= 4 is 11.6 Å². The molecule has 0 atom stereocenters. The highest BCUT2D eigenvalue weighted by Crippen LogP contribution is 2.27. The van der Waals surface area contributed by atoms with Crippen LogP contribution in [0, 0.1) is 0 Å². The van der Waals surface area contributed by atoms with Crippen molar-refractivity contribution in [2.75, 3.05) is 5.32 Å². The van der Waals surface area contributed by atoms with Crippen molar-refractivity contribution in [3.05, 3.63) is 77.1 Å². The fourth-order valence-electron chi connectivity index (χ4n) is 3.96. The molecule has 4 nitrogen and oxygen atoms in total. The number of carbonyl (C=O) groups is 1. The standard InChI is InChI=1S/C25H29N3O/c1-25(2,3)18-14-16-19(17-15-18)26-24(29)23-21-12-8-5-9-13-22(21)27-28(23)20-10-6-4-7-11-20/h4,6-7,10-11,14-17H,5,8-9,12-13H2,1-3H3,(H,26,29). The summed E-state index contributed by atoms with van der Waals surface area (Å²) in [5.74, 6) is -0.0898. The van der Waals surface area contributed by atoms with Crippen LogP contribution in [0.5, 0.6) is 0 Å². The molecule has 4 rings (SSSR count). The number of carbonyl (C=O) groups excluding carboxylic acids is 1. The third kappa shape index (κ3) is 4.12. The van der Waals surface area contributed by atoms with E-state index in [2.05, 4.69) is 38.2 Å². The molecule has 1 aromatic heterocycles. The average Bonchev–Trinajstić information content (AvgIpc) is 2.91. The molecule has 2 aromatic carbocycles. The third-order valence-corrected chi connectivity index (χ3v) is 5.63. The number of nitrogens with zero attached hydrogens (tertiary/aromatic N) is 2. The molecule has 1 aliphatic carbocycles. The predicted octanol–water partition coefficient (Wildman–Crippen LogP) is 5.69. The van der Waals surface area contributed by atoms with Gasteiger partial charge < -0.3 is 5.32 Å². The lowest BCUT2D eigenvalue weighted by molar-refractivity contribution is 0.101. The normalized spacial score (nSPS) is 14.2. The number of hydrogen-bond acceptors (Lipinski definition) is 2. The van der Waals surface area contributed by atoms with Crippen LogP contribution in [-0.2, 0) is 18.3 Å². The van der Waals surface area contributed by atoms with Crippen molar-refractivity contribution in [1.29, 1.82) is 0 Å². The number of nitrogens with one attached hydrogen (secondary N) is 1. The summed E-state index contributed by atoms with van der Waals surface area (Å²) in [5.41, 5.74) is 5.92. The zero-order chi connectivity index (χ0) is 20.4. The second-order valence-electron chi connectivity index (χ2n) is 8.86. The van der Waals surface area contributed by atoms with E-state index in [1.165, 1.54) is 12.0 Å². The Balaban J connectivity index is 1.69. The zero-order valence-electron chi connectivity index (χ0n) is 17.5. The molecular formula is C25H29N3O. The minimum absolute atomic E-state index is 0.0891. The highest BCUT2D eigenvalue weighted by atomic mass is 16.2. The van der Waals surface area contributed by atoms with Gasteiger partial charge in [0.2, 0.25) is 0 Å². The van der Waals surface area contributed by atoms with E-state index in [4.69, 9.17) is 5.10 Å². The fourth-order valence-corrected chi connectivity index (χ4v) is 3.96. The lowest BCUT2D eigenvalue weighted by Gasteiger charge is -2.19. The van der Waals surface area contributed by atoms with Crippen molar-refractivity contribution in [2.24, 2.45) is 0 Å². The first-order valence-corrected chi connectivity index (χ1v) is 10.5. The minimum Gasteiger partial charge on any atom is -0.321 e. The number of benzene rings is 2. The Hall–Kier alpha value is -2.88. The van der Waals surface area contributed by atoms with E-state index in [9.17, 15) is 4.79 Å². The molecule has 150 valence electrons. The van der Waals surface area contributed by atoms with Crippen LogP contribution in [0.25, 0.3) is 5.69 Å². The van der Waals surface area contributed by atoms with Gasteiger partial charge >= 0.3 is 0 Å². The van der Waals surface area contributed by atoms with E-state index in [1.54, 1.807) is 0 Å². The van der Waals surface area contributed by atoms with Crippen molar-refractivity contribution in [3.8, 4) is 5.69 Å². The number of hydrogen-bond donors (Lipinski definition) is 1. The first-order chi connectivity index (χ1) is 13.9. The highest BCUT2D eigenvalue weighted by molar-refractivity contribution is 6.04. The Labute approximate surface area is 173 Å². The Morgan fingerprint density at radius 2 is 1.62 bits per heavy atom. The minimum atomic E-state index is -0.0898. The second-order valence-corrected chi connectivity index (χ2v) is 8.86. The van der Waals surface area contributed by atoms with Crippen molar-refractivity contribution in [3.63, 3.8) is 0 Å². The smallest absolute Gasteiger partial charge is 0.274 e. The molecule has 1 heterocycles. The van der Waals surface area contributed by atoms with E-state index >= 15 is 0 Å². The zero-order valence-corrected chi connectivity index (χ0v) is 17.5. The number of rotatable bonds is 3. The summed E-state index contributed by atoms with van der Waals surface area (Å²) in [5, 5.41) is 7.95. The predicted molar refractivity (Wildman–Crippen MR) is 118 cm³/mol. The van der Waals surface area contributed by atoms with E-state index in [0.717, 1.165) is 48.3 Å². The average molecular weight is 388 g/mol. The lowest BCUT2D eigenvalue weighted by atomic mass is 9.87. The Kier molecular flexibility index (Phi) is 5.27. The van der Waals surface area contributed by atoms with Crippen LogP contribution in [-0.4, -0.2) is 15.7 Å². The van der Waals surface area contributed by atoms with Crippen LogP contribution in [0.2, 0.25) is 0 Å². The molecule has 0 fully saturated rings. The summed E-state index contributed by atoms with van der Waals surface area (Å²) in [6.45, 7) is 6.57. The quantitative estimate of drug-likeness (QED) is 0.587. The summed E-state index contributed by atoms with van der Waals surface area (Å²) in [7, 11) is 0. The topological polar surface area (TPSA) is 46.9 Å². The summed E-state index contributed by atoms with van der Waals surface area (Å²) in [4.78, 5) is 13.4. The monoisotopic (exact) mass is 387 g/mol. The van der Waals surface area contributed by atoms with Crippen LogP contribution in [0.15, 0.2) is 54.6 Å². The molecule has 1 N–H and O–H groups in total. The molecule has 0 radical (unpaired) electrons. The Bertz CT molecular complexity index is 995. The largest absolute Gasteiger partial charge is 0.321 e. The summed E-state index contributed by atoms with van der Waals surface area (Å²) in [6.07, 6.45) is 5.28. The van der Waals surface area contributed by atoms with Gasteiger partial charge in [0.15, 0.2) is 0 Å². The number of para-hydroxylation sites is 1. The molecule has 3 aromatic rings. The maximum atomic E-state index is 13.4. The summed E-state index contributed by atoms with van der Waals surface area (Å²) >= 11 is 0. The van der Waals surface area contributed by atoms with Gasteiger partial charge in [-0.25, -0.2) is 4.68 Å². The van der Waals surface area contributed by atoms with E-state index in [0.29, 0.717) is 5.69 Å². The van der Waals surface area contributed by atoms with Gasteiger partial charge in [-0.15, -0.1) is 0 Å². The van der Waals surface area contributed by atoms with Gasteiger partial charge in [0.1, 0.15) is 5.69 Å². The number of fused-ring (bicyclic) bond motifs is 1. The molecule has 29 heavy (non-hydrogen) atoms. The van der Waals surface area contributed by atoms with Crippen LogP contribution >= 0.6 is 0 Å². The van der Waals surface area contributed by atoms with Gasteiger partial charge in [-0.05, 0) is 60.9 Å². The molecule has 1 aliphatic rings. The number of aromatic nitrogens is 2. The number of amides is 1. The molecule has 4 heteroatoms. The number of anilines is 1. The van der Waals surface area contributed by atoms with E-state index < -0.39 is 0 Å². The Morgan fingerprint density at radius 1 is 0.931 bits per heavy atom. The SMILES string of the molecule is CC(C)(C)c1ccc(NC(=O)c2c3c(nn2-c2ccccc2)CCCCC3)cc1. The molecule has 0 saturated carbocycles. The molecule has 0 aliphatic heterocycles. The van der Waals surface area contributed by atoms with Crippen molar-refractivity contribution < 1.29 is 4.79 Å². The van der Waals surface area contributed by atoms with Gasteiger partial charge in [0.05, 0.1) is 11.4 Å². The molecular weight excluding hydrogens is 358 g/mol. The van der Waals surface area contributed by atoms with Gasteiger partial charge in [-0.2, -0.15) is 5.10 Å². The van der Waals surface area contributed by atoms with Gasteiger partial charge in [-0.1, -0.05) is 57.5 Å². The molecule has 0 saturated heterocycles. The molecule has 0 unspecified atom stereocenters. The first kappa shape index (κ1) is 19.4. The summed E-state index contributed by atoms with van der Waals surface area (Å²) < 4.78 is 1.83. The van der Waals surface area contributed by atoms with Crippen LogP contribution in [0.1, 0.15) is 67.3 Å². The Morgan fingerprint density at radius 3 is 2.31 bits per heavy atom. The maximum absolute atomic E-state index is 13.4. The van der Waals surface area contributed by atoms with Gasteiger partial charge in [0.25, 0.3) is 5.91 Å². The van der Waals surface area contributed by atoms with Gasteiger partial charge in [-0.3, -0.25) is 4.79 Å². The molecule has 1 amide bonds. The first-order valence-electron chi connectivity index (χ1n) is 10.5. The fraction of sp³-hybridized carbons (Fsp3) is 0.360. The highest BCUT2D eigenvalue weighted by Gasteiger charge is 2.25. The molecule has 0 bridgehead atoms. The van der Waals surface area contributed by atoms with Crippen LogP contribution in [0.4, 0.5) is 5.69 Å². The lowest BCUT2D eigenvalue weighted by Crippen LogP contribution is -2.19. The van der Waals surface area contributed by atoms with Crippen molar-refractivity contribution in [2.45, 2.75) is 58.3 Å². The van der Waals surface area contributed by atoms with Crippen molar-refractivity contribution in [1.82, 2.24) is 9.78 Å². The summed E-state index contributed by atoms with van der Waals surface area (Å²) in [6, 6.07) is 18.1. The van der Waals surface area contributed by atoms with E-state index in [-0.39, 0.29) is 11.3 Å². The maximum Gasteiger partial charge on any atom is 0.274 e. The van der Waals surface area contributed by atoms with Crippen LogP contribution < -0.4 is 5.32 Å². The van der Waals surface area contributed by atoms with Crippen LogP contribution in [0.3, 0.4) is 0 Å². The van der Waals surface area contributed by atoms with Gasteiger partial charge in [0, 0.05) is 11.3 Å².